The Morgan fingerprint density at radius 3 is 3.15 bits per heavy atom. The smallest absolute Gasteiger partial charge is 0.237 e. The molecule has 4 nitrogen and oxygen atoms in total. The summed E-state index contributed by atoms with van der Waals surface area (Å²) in [6.45, 7) is 6.64. The van der Waals surface area contributed by atoms with Gasteiger partial charge < -0.3 is 10.2 Å². The van der Waals surface area contributed by atoms with Gasteiger partial charge in [-0.2, -0.15) is 0 Å². The first-order valence-electron chi connectivity index (χ1n) is 7.53. The minimum atomic E-state index is 0.301. The molecule has 2 aliphatic heterocycles. The molecule has 1 unspecified atom stereocenters. The molecule has 2 fully saturated rings. The van der Waals surface area contributed by atoms with Crippen LogP contribution < -0.4 is 5.32 Å². The van der Waals surface area contributed by atoms with Gasteiger partial charge in [-0.25, -0.2) is 0 Å². The van der Waals surface area contributed by atoms with Gasteiger partial charge in [-0.1, -0.05) is 6.07 Å². The van der Waals surface area contributed by atoms with Crippen LogP contribution in [0.4, 0.5) is 0 Å². The molecule has 0 aromatic carbocycles. The molecule has 1 aromatic heterocycles. The van der Waals surface area contributed by atoms with E-state index in [4.69, 9.17) is 0 Å². The molecule has 110 valence electrons. The fourth-order valence-corrected chi connectivity index (χ4v) is 4.10. The van der Waals surface area contributed by atoms with E-state index in [0.29, 0.717) is 24.5 Å². The van der Waals surface area contributed by atoms with Crippen molar-refractivity contribution in [2.24, 2.45) is 0 Å². The van der Waals surface area contributed by atoms with Crippen LogP contribution in [0.1, 0.15) is 30.7 Å². The van der Waals surface area contributed by atoms with E-state index in [2.05, 4.69) is 39.6 Å². The molecule has 0 saturated carbocycles. The summed E-state index contributed by atoms with van der Waals surface area (Å²) in [5.41, 5.74) is 0. The molecule has 3 heterocycles. The van der Waals surface area contributed by atoms with Crippen molar-refractivity contribution in [3.8, 4) is 0 Å². The molecule has 1 amide bonds. The largest absolute Gasteiger partial charge is 0.334 e. The summed E-state index contributed by atoms with van der Waals surface area (Å²) in [4.78, 5) is 18.4. The highest BCUT2D eigenvalue weighted by atomic mass is 32.1. The Bertz CT molecular complexity index is 448. The van der Waals surface area contributed by atoms with Crippen LogP contribution >= 0.6 is 11.3 Å². The maximum atomic E-state index is 12.6. The molecule has 1 N–H and O–H groups in total. The molecule has 0 bridgehead atoms. The van der Waals surface area contributed by atoms with Crippen LogP contribution in [0.15, 0.2) is 17.5 Å². The molecule has 2 aliphatic rings. The second kappa shape index (κ2) is 6.24. The van der Waals surface area contributed by atoms with Crippen LogP contribution in [0.5, 0.6) is 0 Å². The summed E-state index contributed by atoms with van der Waals surface area (Å²) in [6, 6.07) is 5.02. The monoisotopic (exact) mass is 293 g/mol. The molecule has 0 spiro atoms. The van der Waals surface area contributed by atoms with E-state index >= 15 is 0 Å². The van der Waals surface area contributed by atoms with Crippen LogP contribution in [0.2, 0.25) is 0 Å². The van der Waals surface area contributed by atoms with Gasteiger partial charge in [0.05, 0.1) is 12.6 Å². The summed E-state index contributed by atoms with van der Waals surface area (Å²) in [5.74, 6) is 0.301. The third-order valence-corrected chi connectivity index (χ3v) is 5.40. The molecular formula is C15H23N3OS. The van der Waals surface area contributed by atoms with Crippen molar-refractivity contribution in [3.63, 3.8) is 0 Å². The second-order valence-corrected chi connectivity index (χ2v) is 6.76. The Morgan fingerprint density at radius 1 is 1.50 bits per heavy atom. The van der Waals surface area contributed by atoms with E-state index in [9.17, 15) is 4.79 Å². The highest BCUT2D eigenvalue weighted by molar-refractivity contribution is 7.10. The lowest BCUT2D eigenvalue weighted by Gasteiger charge is -2.35. The molecule has 2 atom stereocenters. The van der Waals surface area contributed by atoms with Crippen molar-refractivity contribution in [1.29, 1.82) is 0 Å². The number of piperazine rings is 1. The SMILES string of the molecule is C[C@H]1CNCCN1CC(=O)N1CCCC1c1cccs1. The van der Waals surface area contributed by atoms with Gasteiger partial charge in [-0.15, -0.1) is 11.3 Å². The van der Waals surface area contributed by atoms with E-state index < -0.39 is 0 Å². The zero-order chi connectivity index (χ0) is 13.9. The van der Waals surface area contributed by atoms with Crippen LogP contribution in [0.3, 0.4) is 0 Å². The average molecular weight is 293 g/mol. The molecule has 2 saturated heterocycles. The number of hydrogen-bond donors (Lipinski definition) is 1. The number of nitrogens with one attached hydrogen (secondary N) is 1. The predicted octanol–water partition coefficient (Wildman–Crippen LogP) is 1.71. The van der Waals surface area contributed by atoms with Crippen molar-refractivity contribution in [2.45, 2.75) is 31.8 Å². The summed E-state index contributed by atoms with van der Waals surface area (Å²) in [7, 11) is 0. The summed E-state index contributed by atoms with van der Waals surface area (Å²) >= 11 is 1.77. The number of rotatable bonds is 3. The van der Waals surface area contributed by atoms with Crippen LogP contribution in [0.25, 0.3) is 0 Å². The van der Waals surface area contributed by atoms with Crippen molar-refractivity contribution in [2.75, 3.05) is 32.7 Å². The van der Waals surface area contributed by atoms with Gasteiger partial charge >= 0.3 is 0 Å². The van der Waals surface area contributed by atoms with Gasteiger partial charge in [0, 0.05) is 37.1 Å². The molecule has 3 rings (SSSR count). The quantitative estimate of drug-likeness (QED) is 0.921. The van der Waals surface area contributed by atoms with Gasteiger partial charge in [0.2, 0.25) is 5.91 Å². The normalized spacial score (nSPS) is 27.9. The standard InChI is InChI=1S/C15H23N3OS/c1-12-10-16-6-8-17(12)11-15(19)18-7-2-4-13(18)14-5-3-9-20-14/h3,5,9,12-13,16H,2,4,6-8,10-11H2,1H3/t12-,13?/m0/s1. The summed E-state index contributed by atoms with van der Waals surface area (Å²) < 4.78 is 0. The zero-order valence-electron chi connectivity index (χ0n) is 12.0. The predicted molar refractivity (Wildman–Crippen MR) is 81.9 cm³/mol. The molecule has 20 heavy (non-hydrogen) atoms. The lowest BCUT2D eigenvalue weighted by Crippen LogP contribution is -2.53. The molecule has 0 aliphatic carbocycles. The number of thiophene rings is 1. The van der Waals surface area contributed by atoms with E-state index in [1.165, 1.54) is 4.88 Å². The number of carbonyl (C=O) groups excluding carboxylic acids is 1. The minimum absolute atomic E-state index is 0.301. The first kappa shape index (κ1) is 14.0. The Hall–Kier alpha value is -0.910. The summed E-state index contributed by atoms with van der Waals surface area (Å²) in [5, 5.41) is 5.48. The van der Waals surface area contributed by atoms with Gasteiger partial charge in [-0.3, -0.25) is 9.69 Å². The van der Waals surface area contributed by atoms with Crippen molar-refractivity contribution < 1.29 is 4.79 Å². The lowest BCUT2D eigenvalue weighted by atomic mass is 10.2. The van der Waals surface area contributed by atoms with Crippen LogP contribution in [-0.2, 0) is 4.79 Å². The van der Waals surface area contributed by atoms with E-state index in [1.807, 2.05) is 0 Å². The number of amides is 1. The first-order chi connectivity index (χ1) is 9.75. The minimum Gasteiger partial charge on any atom is -0.334 e. The van der Waals surface area contributed by atoms with Gasteiger partial charge in [-0.05, 0) is 31.2 Å². The van der Waals surface area contributed by atoms with Gasteiger partial charge in [0.15, 0.2) is 0 Å². The van der Waals surface area contributed by atoms with Crippen molar-refractivity contribution in [1.82, 2.24) is 15.1 Å². The Labute approximate surface area is 124 Å². The Kier molecular flexibility index (Phi) is 4.38. The maximum absolute atomic E-state index is 12.6. The highest BCUT2D eigenvalue weighted by Crippen LogP contribution is 2.34. The molecule has 1 aromatic rings. The van der Waals surface area contributed by atoms with E-state index in [0.717, 1.165) is 39.0 Å². The third-order valence-electron chi connectivity index (χ3n) is 4.42. The van der Waals surface area contributed by atoms with Crippen LogP contribution in [0, 0.1) is 0 Å². The number of hydrogen-bond acceptors (Lipinski definition) is 4. The molecular weight excluding hydrogens is 270 g/mol. The fraction of sp³-hybridized carbons (Fsp3) is 0.667. The first-order valence-corrected chi connectivity index (χ1v) is 8.41. The average Bonchev–Trinajstić information content (AvgIpc) is 3.11. The Morgan fingerprint density at radius 2 is 2.40 bits per heavy atom. The van der Waals surface area contributed by atoms with Crippen LogP contribution in [-0.4, -0.2) is 54.5 Å². The lowest BCUT2D eigenvalue weighted by molar-refractivity contribution is -0.134. The van der Waals surface area contributed by atoms with E-state index in [1.54, 1.807) is 11.3 Å². The number of likely N-dealkylation sites (tertiary alicyclic amines) is 1. The van der Waals surface area contributed by atoms with Crippen molar-refractivity contribution >= 4 is 17.2 Å². The molecule has 0 radical (unpaired) electrons. The van der Waals surface area contributed by atoms with Gasteiger partial charge in [0.1, 0.15) is 0 Å². The molecule has 5 heteroatoms. The zero-order valence-corrected chi connectivity index (χ0v) is 12.9. The second-order valence-electron chi connectivity index (χ2n) is 5.78. The summed E-state index contributed by atoms with van der Waals surface area (Å²) in [6.07, 6.45) is 2.24. The topological polar surface area (TPSA) is 35.6 Å². The maximum Gasteiger partial charge on any atom is 0.237 e. The third kappa shape index (κ3) is 2.90. The van der Waals surface area contributed by atoms with Gasteiger partial charge in [0.25, 0.3) is 0 Å². The van der Waals surface area contributed by atoms with E-state index in [-0.39, 0.29) is 0 Å². The van der Waals surface area contributed by atoms with Crippen molar-refractivity contribution in [3.05, 3.63) is 22.4 Å². The number of carbonyl (C=O) groups is 1. The Balaban J connectivity index is 1.64. The fourth-order valence-electron chi connectivity index (χ4n) is 3.22. The highest BCUT2D eigenvalue weighted by Gasteiger charge is 2.32. The number of nitrogens with zero attached hydrogens (tertiary/aromatic N) is 2.